The maximum Gasteiger partial charge on any atom is 0.0408 e. The molecule has 0 amide bonds. The topological polar surface area (TPSA) is 12.0 Å². The maximum atomic E-state index is 6.01. The second kappa shape index (κ2) is 4.81. The summed E-state index contributed by atoms with van der Waals surface area (Å²) in [5.41, 5.74) is 4.20. The van der Waals surface area contributed by atoms with Crippen LogP contribution >= 0.6 is 22.9 Å². The van der Waals surface area contributed by atoms with Crippen molar-refractivity contribution in [3.63, 3.8) is 0 Å². The summed E-state index contributed by atoms with van der Waals surface area (Å²) in [6, 6.07) is 8.92. The van der Waals surface area contributed by atoms with E-state index in [0.29, 0.717) is 6.04 Å². The summed E-state index contributed by atoms with van der Waals surface area (Å²) in [6.07, 6.45) is 2.32. The van der Waals surface area contributed by atoms with Gasteiger partial charge in [0.2, 0.25) is 0 Å². The average molecular weight is 264 g/mol. The lowest BCUT2D eigenvalue weighted by Gasteiger charge is -2.13. The van der Waals surface area contributed by atoms with Crippen LogP contribution in [0.25, 0.3) is 0 Å². The van der Waals surface area contributed by atoms with Crippen LogP contribution in [0.4, 0.5) is 0 Å². The molecule has 1 N–H and O–H groups in total. The maximum absolute atomic E-state index is 6.01. The number of fused-ring (bicyclic) bond motifs is 1. The highest BCUT2D eigenvalue weighted by Crippen LogP contribution is 2.33. The van der Waals surface area contributed by atoms with E-state index in [0.717, 1.165) is 18.0 Å². The first-order chi connectivity index (χ1) is 8.33. The molecule has 1 aromatic carbocycles. The molecule has 3 rings (SSSR count). The number of hydrogen-bond acceptors (Lipinski definition) is 2. The van der Waals surface area contributed by atoms with Crippen LogP contribution in [0, 0.1) is 0 Å². The van der Waals surface area contributed by atoms with Gasteiger partial charge in [0.15, 0.2) is 0 Å². The van der Waals surface area contributed by atoms with Crippen molar-refractivity contribution in [2.24, 2.45) is 0 Å². The van der Waals surface area contributed by atoms with Gasteiger partial charge in [-0.05, 0) is 58.5 Å². The highest BCUT2D eigenvalue weighted by Gasteiger charge is 2.21. The van der Waals surface area contributed by atoms with Crippen molar-refractivity contribution in [2.75, 3.05) is 0 Å². The van der Waals surface area contributed by atoms with Crippen molar-refractivity contribution in [1.82, 2.24) is 5.32 Å². The van der Waals surface area contributed by atoms with Crippen molar-refractivity contribution in [1.29, 1.82) is 0 Å². The number of halogens is 1. The molecule has 0 bridgehead atoms. The fourth-order valence-corrected chi connectivity index (χ4v) is 3.30. The van der Waals surface area contributed by atoms with Gasteiger partial charge in [-0.25, -0.2) is 0 Å². The van der Waals surface area contributed by atoms with Gasteiger partial charge in [0, 0.05) is 17.6 Å². The molecule has 1 nitrogen and oxygen atoms in total. The average Bonchev–Trinajstić information content (AvgIpc) is 2.94. The molecule has 17 heavy (non-hydrogen) atoms. The molecule has 88 valence electrons. The number of benzene rings is 1. The van der Waals surface area contributed by atoms with Crippen molar-refractivity contribution >= 4 is 22.9 Å². The molecule has 0 radical (unpaired) electrons. The lowest BCUT2D eigenvalue weighted by atomic mass is 10.1. The zero-order valence-electron chi connectivity index (χ0n) is 9.45. The minimum atomic E-state index is 0.488. The zero-order chi connectivity index (χ0) is 11.7. The van der Waals surface area contributed by atoms with Gasteiger partial charge in [-0.2, -0.15) is 11.3 Å². The summed E-state index contributed by atoms with van der Waals surface area (Å²) in [7, 11) is 0. The second-order valence-corrected chi connectivity index (χ2v) is 5.66. The lowest BCUT2D eigenvalue weighted by Crippen LogP contribution is -2.18. The molecule has 1 heterocycles. The molecule has 0 spiro atoms. The summed E-state index contributed by atoms with van der Waals surface area (Å²) in [5, 5.41) is 8.80. The molecular formula is C14H14ClNS. The van der Waals surface area contributed by atoms with E-state index in [-0.39, 0.29) is 0 Å². The molecule has 1 aromatic heterocycles. The van der Waals surface area contributed by atoms with Gasteiger partial charge in [0.25, 0.3) is 0 Å². The minimum Gasteiger partial charge on any atom is -0.306 e. The fraction of sp³-hybridized carbons (Fsp3) is 0.286. The SMILES string of the molecule is Clc1ccc2c(c1)CCC2NCc1ccsc1. The van der Waals surface area contributed by atoms with E-state index in [1.807, 2.05) is 6.07 Å². The molecule has 0 aliphatic heterocycles. The Balaban J connectivity index is 1.71. The molecule has 3 heteroatoms. The molecule has 1 atom stereocenters. The third-order valence-corrected chi connectivity index (χ3v) is 4.28. The zero-order valence-corrected chi connectivity index (χ0v) is 11.0. The highest BCUT2D eigenvalue weighted by atomic mass is 35.5. The standard InChI is InChI=1S/C14H14ClNS/c15-12-2-3-13-11(7-12)1-4-14(13)16-8-10-5-6-17-9-10/h2-3,5-7,9,14,16H,1,4,8H2. The van der Waals surface area contributed by atoms with Gasteiger partial charge in [0.05, 0.1) is 0 Å². The van der Waals surface area contributed by atoms with Crippen LogP contribution in [-0.2, 0) is 13.0 Å². The first kappa shape index (κ1) is 11.3. The van der Waals surface area contributed by atoms with Gasteiger partial charge in [-0.3, -0.25) is 0 Å². The van der Waals surface area contributed by atoms with E-state index in [2.05, 4.69) is 34.3 Å². The monoisotopic (exact) mass is 263 g/mol. The van der Waals surface area contributed by atoms with E-state index in [9.17, 15) is 0 Å². The van der Waals surface area contributed by atoms with Crippen molar-refractivity contribution in [3.05, 3.63) is 56.7 Å². The highest BCUT2D eigenvalue weighted by molar-refractivity contribution is 7.07. The van der Waals surface area contributed by atoms with E-state index < -0.39 is 0 Å². The van der Waals surface area contributed by atoms with Gasteiger partial charge >= 0.3 is 0 Å². The Morgan fingerprint density at radius 3 is 3.12 bits per heavy atom. The predicted molar refractivity (Wildman–Crippen MR) is 73.7 cm³/mol. The largest absolute Gasteiger partial charge is 0.306 e. The normalized spacial score (nSPS) is 18.3. The first-order valence-corrected chi connectivity index (χ1v) is 7.18. The van der Waals surface area contributed by atoms with Crippen LogP contribution < -0.4 is 5.32 Å². The Hall–Kier alpha value is -0.830. The number of rotatable bonds is 3. The lowest BCUT2D eigenvalue weighted by molar-refractivity contribution is 0.531. The molecule has 1 aliphatic rings. The molecule has 0 saturated heterocycles. The summed E-state index contributed by atoms with van der Waals surface area (Å²) >= 11 is 7.76. The number of nitrogens with one attached hydrogen (secondary N) is 1. The van der Waals surface area contributed by atoms with Crippen LogP contribution in [0.5, 0.6) is 0 Å². The van der Waals surface area contributed by atoms with Crippen LogP contribution in [-0.4, -0.2) is 0 Å². The van der Waals surface area contributed by atoms with Crippen LogP contribution in [0.1, 0.15) is 29.2 Å². The summed E-state index contributed by atoms with van der Waals surface area (Å²) in [5.74, 6) is 0. The smallest absolute Gasteiger partial charge is 0.0408 e. The van der Waals surface area contributed by atoms with Crippen molar-refractivity contribution < 1.29 is 0 Å². The molecule has 0 saturated carbocycles. The van der Waals surface area contributed by atoms with Gasteiger partial charge < -0.3 is 5.32 Å². The van der Waals surface area contributed by atoms with Crippen LogP contribution in [0.15, 0.2) is 35.0 Å². The quantitative estimate of drug-likeness (QED) is 0.876. The number of aryl methyl sites for hydroxylation is 1. The van der Waals surface area contributed by atoms with Gasteiger partial charge in [0.1, 0.15) is 0 Å². The summed E-state index contributed by atoms with van der Waals surface area (Å²) < 4.78 is 0. The molecule has 1 unspecified atom stereocenters. The van der Waals surface area contributed by atoms with E-state index in [1.54, 1.807) is 11.3 Å². The van der Waals surface area contributed by atoms with E-state index >= 15 is 0 Å². The van der Waals surface area contributed by atoms with E-state index in [4.69, 9.17) is 11.6 Å². The van der Waals surface area contributed by atoms with Crippen LogP contribution in [0.2, 0.25) is 5.02 Å². The Morgan fingerprint density at radius 2 is 2.29 bits per heavy atom. The first-order valence-electron chi connectivity index (χ1n) is 5.86. The molecule has 1 aliphatic carbocycles. The second-order valence-electron chi connectivity index (χ2n) is 4.45. The fourth-order valence-electron chi connectivity index (χ4n) is 2.43. The third kappa shape index (κ3) is 2.39. The number of hydrogen-bond donors (Lipinski definition) is 1. The van der Waals surface area contributed by atoms with Crippen molar-refractivity contribution in [3.8, 4) is 0 Å². The molecule has 0 fully saturated rings. The Labute approximate surface area is 110 Å². The van der Waals surface area contributed by atoms with E-state index in [1.165, 1.54) is 23.1 Å². The molecular weight excluding hydrogens is 250 g/mol. The van der Waals surface area contributed by atoms with Gasteiger partial charge in [-0.1, -0.05) is 17.7 Å². The van der Waals surface area contributed by atoms with Crippen molar-refractivity contribution in [2.45, 2.75) is 25.4 Å². The minimum absolute atomic E-state index is 0.488. The summed E-state index contributed by atoms with van der Waals surface area (Å²) in [6.45, 7) is 0.955. The Bertz CT molecular complexity index is 507. The summed E-state index contributed by atoms with van der Waals surface area (Å²) in [4.78, 5) is 0. The number of thiophene rings is 1. The van der Waals surface area contributed by atoms with Gasteiger partial charge in [-0.15, -0.1) is 0 Å². The third-order valence-electron chi connectivity index (χ3n) is 3.32. The Kier molecular flexibility index (Phi) is 3.19. The Morgan fingerprint density at radius 1 is 1.35 bits per heavy atom. The van der Waals surface area contributed by atoms with Crippen LogP contribution in [0.3, 0.4) is 0 Å². The molecule has 2 aromatic rings. The predicted octanol–water partition coefficient (Wildman–Crippen LogP) is 4.18.